The summed E-state index contributed by atoms with van der Waals surface area (Å²) in [6.45, 7) is 0.914. The summed E-state index contributed by atoms with van der Waals surface area (Å²) in [5.74, 6) is 0.392. The van der Waals surface area contributed by atoms with Crippen LogP contribution in [-0.2, 0) is 10.0 Å². The van der Waals surface area contributed by atoms with Crippen LogP contribution >= 0.6 is 0 Å². The summed E-state index contributed by atoms with van der Waals surface area (Å²) in [4.78, 5) is 8.08. The molecule has 2 aromatic rings. The Morgan fingerprint density at radius 2 is 2.05 bits per heavy atom. The number of rotatable bonds is 4. The van der Waals surface area contributed by atoms with Gasteiger partial charge in [0.2, 0.25) is 15.9 Å². The van der Waals surface area contributed by atoms with Crippen molar-refractivity contribution >= 4 is 10.0 Å². The van der Waals surface area contributed by atoms with Gasteiger partial charge >= 0.3 is 0 Å². The predicted molar refractivity (Wildman–Crippen MR) is 77.8 cm³/mol. The maximum Gasteiger partial charge on any atom is 0.244 e. The molecular formula is C13H17N5O3S. The van der Waals surface area contributed by atoms with Crippen LogP contribution in [0.3, 0.4) is 0 Å². The molecule has 0 unspecified atom stereocenters. The van der Waals surface area contributed by atoms with Gasteiger partial charge in [0.25, 0.3) is 0 Å². The van der Waals surface area contributed by atoms with Crippen molar-refractivity contribution in [1.29, 1.82) is 0 Å². The van der Waals surface area contributed by atoms with Crippen LogP contribution in [0.1, 0.15) is 18.9 Å². The molecule has 1 fully saturated rings. The maximum atomic E-state index is 12.6. The van der Waals surface area contributed by atoms with Crippen molar-refractivity contribution in [3.63, 3.8) is 0 Å². The highest BCUT2D eigenvalue weighted by Crippen LogP contribution is 2.26. The SMILES string of the molecule is COc1ccc(S(=O)(=O)N2CCC(n3cncn3)CC2)cn1. The highest BCUT2D eigenvalue weighted by atomic mass is 32.2. The van der Waals surface area contributed by atoms with E-state index in [-0.39, 0.29) is 10.9 Å². The lowest BCUT2D eigenvalue weighted by atomic mass is 10.1. The summed E-state index contributed by atoms with van der Waals surface area (Å²) < 4.78 is 33.4. The van der Waals surface area contributed by atoms with Gasteiger partial charge in [-0.25, -0.2) is 23.1 Å². The standard InChI is InChI=1S/C13H17N5O3S/c1-21-13-3-2-12(8-15-13)22(19,20)17-6-4-11(5-7-17)18-10-14-9-16-18/h2-3,8-11H,4-7H2,1H3. The number of sulfonamides is 1. The first-order chi connectivity index (χ1) is 10.6. The third-order valence-corrected chi connectivity index (χ3v) is 5.67. The van der Waals surface area contributed by atoms with E-state index in [0.29, 0.717) is 31.8 Å². The second-order valence-electron chi connectivity index (χ2n) is 5.05. The van der Waals surface area contributed by atoms with Gasteiger partial charge in [0.05, 0.1) is 19.3 Å². The smallest absolute Gasteiger partial charge is 0.244 e. The van der Waals surface area contributed by atoms with E-state index in [4.69, 9.17) is 4.74 Å². The van der Waals surface area contributed by atoms with Crippen molar-refractivity contribution in [3.05, 3.63) is 31.0 Å². The fraction of sp³-hybridized carbons (Fsp3) is 0.462. The van der Waals surface area contributed by atoms with Crippen LogP contribution in [0.2, 0.25) is 0 Å². The topological polar surface area (TPSA) is 90.2 Å². The predicted octanol–water partition coefficient (Wildman–Crippen LogP) is 0.708. The minimum Gasteiger partial charge on any atom is -0.481 e. The molecule has 0 amide bonds. The van der Waals surface area contributed by atoms with Gasteiger partial charge in [0.15, 0.2) is 0 Å². The zero-order valence-electron chi connectivity index (χ0n) is 12.2. The molecule has 3 heterocycles. The molecule has 3 rings (SSSR count). The number of ether oxygens (including phenoxy) is 1. The first-order valence-electron chi connectivity index (χ1n) is 6.95. The third kappa shape index (κ3) is 2.81. The summed E-state index contributed by atoms with van der Waals surface area (Å²) in [5.41, 5.74) is 0. The van der Waals surface area contributed by atoms with E-state index >= 15 is 0 Å². The van der Waals surface area contributed by atoms with Crippen molar-refractivity contribution in [2.24, 2.45) is 0 Å². The van der Waals surface area contributed by atoms with E-state index in [9.17, 15) is 8.42 Å². The van der Waals surface area contributed by atoms with E-state index in [0.717, 1.165) is 0 Å². The van der Waals surface area contributed by atoms with Crippen LogP contribution in [-0.4, -0.2) is 52.7 Å². The second-order valence-corrected chi connectivity index (χ2v) is 6.98. The normalized spacial score (nSPS) is 17.5. The van der Waals surface area contributed by atoms with E-state index in [1.807, 2.05) is 0 Å². The minimum absolute atomic E-state index is 0.188. The number of pyridine rings is 1. The molecule has 1 aliphatic rings. The lowest BCUT2D eigenvalue weighted by Crippen LogP contribution is -2.39. The monoisotopic (exact) mass is 323 g/mol. The van der Waals surface area contributed by atoms with Gasteiger partial charge in [-0.2, -0.15) is 9.40 Å². The zero-order chi connectivity index (χ0) is 15.6. The molecule has 0 bridgehead atoms. The average Bonchev–Trinajstić information content (AvgIpc) is 3.09. The summed E-state index contributed by atoms with van der Waals surface area (Å²) in [6.07, 6.45) is 5.92. The molecule has 0 aliphatic carbocycles. The molecule has 22 heavy (non-hydrogen) atoms. The van der Waals surface area contributed by atoms with Gasteiger partial charge in [0, 0.05) is 19.2 Å². The average molecular weight is 323 g/mol. The van der Waals surface area contributed by atoms with Gasteiger partial charge in [-0.3, -0.25) is 0 Å². The Balaban J connectivity index is 1.71. The number of piperidine rings is 1. The van der Waals surface area contributed by atoms with Crippen LogP contribution < -0.4 is 4.74 Å². The highest BCUT2D eigenvalue weighted by molar-refractivity contribution is 7.89. The van der Waals surface area contributed by atoms with E-state index < -0.39 is 10.0 Å². The Hall–Kier alpha value is -2.00. The van der Waals surface area contributed by atoms with Crippen LogP contribution in [0.15, 0.2) is 35.9 Å². The maximum absolute atomic E-state index is 12.6. The highest BCUT2D eigenvalue weighted by Gasteiger charge is 2.30. The quantitative estimate of drug-likeness (QED) is 0.823. The molecule has 0 N–H and O–H groups in total. The Morgan fingerprint density at radius 1 is 1.27 bits per heavy atom. The zero-order valence-corrected chi connectivity index (χ0v) is 13.0. The summed E-state index contributed by atoms with van der Waals surface area (Å²) in [6, 6.07) is 3.27. The Labute approximate surface area is 128 Å². The Morgan fingerprint density at radius 3 is 2.59 bits per heavy atom. The number of nitrogens with zero attached hydrogens (tertiary/aromatic N) is 5. The van der Waals surface area contributed by atoms with Crippen molar-refractivity contribution in [1.82, 2.24) is 24.1 Å². The first kappa shape index (κ1) is 14.9. The van der Waals surface area contributed by atoms with E-state index in [2.05, 4.69) is 15.1 Å². The molecule has 2 aromatic heterocycles. The van der Waals surface area contributed by atoms with Gasteiger partial charge < -0.3 is 4.74 Å². The molecule has 1 aliphatic heterocycles. The number of hydrogen-bond donors (Lipinski definition) is 0. The molecule has 0 saturated carbocycles. The molecule has 1 saturated heterocycles. The van der Waals surface area contributed by atoms with Crippen molar-refractivity contribution in [2.75, 3.05) is 20.2 Å². The molecular weight excluding hydrogens is 306 g/mol. The fourth-order valence-corrected chi connectivity index (χ4v) is 3.96. The second kappa shape index (κ2) is 6.01. The van der Waals surface area contributed by atoms with Crippen molar-refractivity contribution < 1.29 is 13.2 Å². The summed E-state index contributed by atoms with van der Waals surface area (Å²) >= 11 is 0. The number of aromatic nitrogens is 4. The minimum atomic E-state index is -3.51. The van der Waals surface area contributed by atoms with Crippen LogP contribution in [0.4, 0.5) is 0 Å². The molecule has 9 heteroatoms. The van der Waals surface area contributed by atoms with E-state index in [1.165, 1.54) is 30.0 Å². The molecule has 0 spiro atoms. The summed E-state index contributed by atoms with van der Waals surface area (Å²) in [7, 11) is -2.02. The Bertz CT molecular complexity index is 707. The first-order valence-corrected chi connectivity index (χ1v) is 8.39. The fourth-order valence-electron chi connectivity index (χ4n) is 2.54. The van der Waals surface area contributed by atoms with Crippen LogP contribution in [0.5, 0.6) is 5.88 Å². The number of methoxy groups -OCH3 is 1. The third-order valence-electron chi connectivity index (χ3n) is 3.79. The van der Waals surface area contributed by atoms with Crippen LogP contribution in [0.25, 0.3) is 0 Å². The van der Waals surface area contributed by atoms with Gasteiger partial charge in [-0.15, -0.1) is 0 Å². The van der Waals surface area contributed by atoms with E-state index in [1.54, 1.807) is 17.1 Å². The van der Waals surface area contributed by atoms with Gasteiger partial charge in [-0.1, -0.05) is 0 Å². The summed E-state index contributed by atoms with van der Waals surface area (Å²) in [5, 5.41) is 4.12. The van der Waals surface area contributed by atoms with Gasteiger partial charge in [0.1, 0.15) is 17.6 Å². The Kier molecular flexibility index (Phi) is 4.08. The molecule has 8 nitrogen and oxygen atoms in total. The lowest BCUT2D eigenvalue weighted by Gasteiger charge is -2.30. The molecule has 0 atom stereocenters. The number of hydrogen-bond acceptors (Lipinski definition) is 6. The molecule has 0 aromatic carbocycles. The van der Waals surface area contributed by atoms with Crippen molar-refractivity contribution in [3.8, 4) is 5.88 Å². The molecule has 0 radical (unpaired) electrons. The molecule has 118 valence electrons. The largest absolute Gasteiger partial charge is 0.481 e. The van der Waals surface area contributed by atoms with Gasteiger partial charge in [-0.05, 0) is 18.9 Å². The van der Waals surface area contributed by atoms with Crippen molar-refractivity contribution in [2.45, 2.75) is 23.8 Å². The van der Waals surface area contributed by atoms with Crippen LogP contribution in [0, 0.1) is 0 Å². The lowest BCUT2D eigenvalue weighted by molar-refractivity contribution is 0.260.